The Morgan fingerprint density at radius 3 is 2.54 bits per heavy atom. The van der Waals surface area contributed by atoms with E-state index in [1.807, 2.05) is 0 Å². The van der Waals surface area contributed by atoms with Gasteiger partial charge >= 0.3 is 0 Å². The van der Waals surface area contributed by atoms with Crippen molar-refractivity contribution in [2.45, 2.75) is 27.7 Å². The first-order valence-electron chi connectivity index (χ1n) is 9.71. The van der Waals surface area contributed by atoms with Crippen LogP contribution in [0.25, 0.3) is 10.2 Å². The molecule has 0 aliphatic heterocycles. The van der Waals surface area contributed by atoms with Crippen molar-refractivity contribution in [2.75, 3.05) is 31.1 Å². The first-order valence-corrected chi connectivity index (χ1v) is 10.5. The monoisotopic (exact) mass is 400 g/mol. The van der Waals surface area contributed by atoms with Crippen molar-refractivity contribution in [1.82, 2.24) is 4.98 Å². The van der Waals surface area contributed by atoms with Crippen molar-refractivity contribution in [3.05, 3.63) is 58.9 Å². The van der Waals surface area contributed by atoms with Crippen molar-refractivity contribution >= 4 is 32.6 Å². The van der Waals surface area contributed by atoms with Crippen LogP contribution in [-0.4, -0.2) is 37.1 Å². The van der Waals surface area contributed by atoms with Gasteiger partial charge in [0.2, 0.25) is 0 Å². The fourth-order valence-electron chi connectivity index (χ4n) is 3.22. The van der Waals surface area contributed by atoms with E-state index in [2.05, 4.69) is 39.8 Å². The maximum atomic E-state index is 13.7. The first-order chi connectivity index (χ1) is 13.4. The van der Waals surface area contributed by atoms with Crippen LogP contribution < -0.4 is 9.80 Å². The Hall–Kier alpha value is -2.31. The van der Waals surface area contributed by atoms with Crippen LogP contribution in [0, 0.1) is 19.7 Å². The summed E-state index contributed by atoms with van der Waals surface area (Å²) < 4.78 is 14.7. The number of carbonyl (C=O) groups is 1. The van der Waals surface area contributed by atoms with Crippen molar-refractivity contribution < 1.29 is 14.1 Å². The van der Waals surface area contributed by atoms with Crippen LogP contribution >= 0.6 is 11.3 Å². The van der Waals surface area contributed by atoms with E-state index >= 15 is 0 Å². The number of aryl methyl sites for hydroxylation is 2. The Balaban J connectivity index is 1.98. The lowest BCUT2D eigenvalue weighted by Crippen LogP contribution is -3.12. The van der Waals surface area contributed by atoms with Crippen molar-refractivity contribution in [3.8, 4) is 0 Å². The number of benzene rings is 2. The molecule has 1 aromatic heterocycles. The lowest BCUT2D eigenvalue weighted by molar-refractivity contribution is -0.894. The number of carbonyl (C=O) groups excluding carboxylic acids is 1. The zero-order valence-electron chi connectivity index (χ0n) is 16.9. The second-order valence-corrected chi connectivity index (χ2v) is 8.08. The fourth-order valence-corrected chi connectivity index (χ4v) is 4.29. The van der Waals surface area contributed by atoms with Gasteiger partial charge in [0, 0.05) is 5.56 Å². The number of likely N-dealkylation sites (N-methyl/N-ethyl adjacent to an activating group) is 1. The third-order valence-corrected chi connectivity index (χ3v) is 6.27. The minimum Gasteiger partial charge on any atom is -0.334 e. The highest BCUT2D eigenvalue weighted by Crippen LogP contribution is 2.31. The van der Waals surface area contributed by atoms with Crippen LogP contribution in [0.2, 0.25) is 0 Å². The molecule has 0 saturated heterocycles. The molecule has 0 fully saturated rings. The van der Waals surface area contributed by atoms with E-state index < -0.39 is 5.82 Å². The molecule has 1 N–H and O–H groups in total. The number of fused-ring (bicyclic) bond motifs is 1. The molecule has 0 bridgehead atoms. The van der Waals surface area contributed by atoms with Crippen LogP contribution in [0.1, 0.15) is 35.3 Å². The number of hydrogen-bond acceptors (Lipinski definition) is 3. The summed E-state index contributed by atoms with van der Waals surface area (Å²) in [6, 6.07) is 10.1. The number of thiazole rings is 1. The molecule has 3 rings (SSSR count). The van der Waals surface area contributed by atoms with E-state index in [-0.39, 0.29) is 5.91 Å². The molecule has 3 aromatic rings. The van der Waals surface area contributed by atoms with E-state index in [4.69, 9.17) is 4.98 Å². The minimum atomic E-state index is -0.407. The lowest BCUT2D eigenvalue weighted by atomic mass is 10.1. The molecule has 0 atom stereocenters. The Morgan fingerprint density at radius 2 is 1.86 bits per heavy atom. The highest BCUT2D eigenvalue weighted by molar-refractivity contribution is 7.22. The van der Waals surface area contributed by atoms with Gasteiger partial charge in [0.1, 0.15) is 5.82 Å². The molecule has 148 valence electrons. The van der Waals surface area contributed by atoms with E-state index in [1.165, 1.54) is 39.5 Å². The van der Waals surface area contributed by atoms with Gasteiger partial charge in [-0.1, -0.05) is 17.4 Å². The second kappa shape index (κ2) is 8.80. The number of amides is 1. The van der Waals surface area contributed by atoms with Crippen LogP contribution in [0.4, 0.5) is 9.52 Å². The standard InChI is InChI=1S/C22H26FN3OS/c1-5-25(6-2)10-11-26(21(27)17-8-7-9-18(23)14-17)22-24-19-12-15(3)16(4)13-20(19)28-22/h7-9,12-14H,5-6,10-11H2,1-4H3/p+1. The Labute approximate surface area is 169 Å². The molecular formula is C22H27FN3OS+. The summed E-state index contributed by atoms with van der Waals surface area (Å²) in [7, 11) is 0. The molecule has 0 aliphatic rings. The number of anilines is 1. The average Bonchev–Trinajstić information content (AvgIpc) is 3.07. The summed E-state index contributed by atoms with van der Waals surface area (Å²) in [5.41, 5.74) is 3.63. The lowest BCUT2D eigenvalue weighted by Gasteiger charge is -2.23. The highest BCUT2D eigenvalue weighted by Gasteiger charge is 2.23. The summed E-state index contributed by atoms with van der Waals surface area (Å²) in [4.78, 5) is 21.1. The molecule has 0 aliphatic carbocycles. The molecule has 4 nitrogen and oxygen atoms in total. The van der Waals surface area contributed by atoms with Gasteiger partial charge in [0.15, 0.2) is 5.13 Å². The zero-order valence-corrected chi connectivity index (χ0v) is 17.7. The molecule has 2 aromatic carbocycles. The summed E-state index contributed by atoms with van der Waals surface area (Å²) in [5, 5.41) is 0.667. The molecule has 28 heavy (non-hydrogen) atoms. The van der Waals surface area contributed by atoms with E-state index in [0.717, 1.165) is 29.9 Å². The number of rotatable bonds is 7. The molecule has 0 spiro atoms. The zero-order chi connectivity index (χ0) is 20.3. The largest absolute Gasteiger partial charge is 0.334 e. The third-order valence-electron chi connectivity index (χ3n) is 5.23. The van der Waals surface area contributed by atoms with E-state index in [1.54, 1.807) is 17.0 Å². The molecular weight excluding hydrogens is 373 g/mol. The Morgan fingerprint density at radius 1 is 1.14 bits per heavy atom. The summed E-state index contributed by atoms with van der Waals surface area (Å²) in [5.74, 6) is -0.616. The van der Waals surface area contributed by atoms with Crippen LogP contribution in [0.3, 0.4) is 0 Å². The minimum absolute atomic E-state index is 0.210. The van der Waals surface area contributed by atoms with Gasteiger partial charge in [-0.25, -0.2) is 9.37 Å². The van der Waals surface area contributed by atoms with E-state index in [0.29, 0.717) is 17.2 Å². The fraction of sp³-hybridized carbons (Fsp3) is 0.364. The Bertz CT molecular complexity index is 942. The topological polar surface area (TPSA) is 37.6 Å². The molecule has 0 saturated carbocycles. The van der Waals surface area contributed by atoms with Crippen molar-refractivity contribution in [1.29, 1.82) is 0 Å². The number of nitrogens with one attached hydrogen (secondary N) is 1. The summed E-state index contributed by atoms with van der Waals surface area (Å²) in [6.45, 7) is 11.8. The van der Waals surface area contributed by atoms with Gasteiger partial charge in [-0.05, 0) is 69.2 Å². The predicted octanol–water partition coefficient (Wildman–Crippen LogP) is 3.62. The van der Waals surface area contributed by atoms with Gasteiger partial charge in [-0.2, -0.15) is 0 Å². The molecule has 0 unspecified atom stereocenters. The first kappa shape index (κ1) is 20.4. The SMILES string of the molecule is CC[NH+](CC)CCN(C(=O)c1cccc(F)c1)c1nc2cc(C)c(C)cc2s1. The highest BCUT2D eigenvalue weighted by atomic mass is 32.1. The number of quaternary nitrogens is 1. The van der Waals surface area contributed by atoms with Gasteiger partial charge in [0.25, 0.3) is 5.91 Å². The Kier molecular flexibility index (Phi) is 6.42. The molecule has 1 amide bonds. The summed E-state index contributed by atoms with van der Waals surface area (Å²) in [6.07, 6.45) is 0. The van der Waals surface area contributed by atoms with Crippen LogP contribution in [0.5, 0.6) is 0 Å². The number of aromatic nitrogens is 1. The van der Waals surface area contributed by atoms with Gasteiger partial charge in [-0.15, -0.1) is 0 Å². The normalized spacial score (nSPS) is 11.4. The quantitative estimate of drug-likeness (QED) is 0.658. The van der Waals surface area contributed by atoms with Gasteiger partial charge in [0.05, 0.1) is 36.4 Å². The van der Waals surface area contributed by atoms with Crippen molar-refractivity contribution in [2.24, 2.45) is 0 Å². The maximum Gasteiger partial charge on any atom is 0.260 e. The predicted molar refractivity (Wildman–Crippen MR) is 114 cm³/mol. The smallest absolute Gasteiger partial charge is 0.260 e. The van der Waals surface area contributed by atoms with Crippen LogP contribution in [-0.2, 0) is 0 Å². The molecule has 1 heterocycles. The van der Waals surface area contributed by atoms with E-state index in [9.17, 15) is 9.18 Å². The molecule has 0 radical (unpaired) electrons. The summed E-state index contributed by atoms with van der Waals surface area (Å²) >= 11 is 1.51. The van der Waals surface area contributed by atoms with Crippen LogP contribution in [0.15, 0.2) is 36.4 Å². The number of nitrogens with zero attached hydrogens (tertiary/aromatic N) is 2. The maximum absolute atomic E-state index is 13.7. The number of halogens is 1. The molecule has 6 heteroatoms. The van der Waals surface area contributed by atoms with Gasteiger partial charge in [-0.3, -0.25) is 9.69 Å². The average molecular weight is 401 g/mol. The van der Waals surface area contributed by atoms with Gasteiger partial charge < -0.3 is 4.90 Å². The number of hydrogen-bond donors (Lipinski definition) is 1. The van der Waals surface area contributed by atoms with Crippen molar-refractivity contribution in [3.63, 3.8) is 0 Å². The second-order valence-electron chi connectivity index (χ2n) is 7.07. The third kappa shape index (κ3) is 4.39.